The molecule has 1 fully saturated rings. The van der Waals surface area contributed by atoms with Crippen LogP contribution in [0.15, 0.2) is 36.5 Å². The van der Waals surface area contributed by atoms with Gasteiger partial charge in [-0.25, -0.2) is 0 Å². The van der Waals surface area contributed by atoms with Gasteiger partial charge in [-0.3, -0.25) is 9.78 Å². The molecule has 2 aromatic rings. The smallest absolute Gasteiger partial charge is 0.309 e. The molecule has 1 aliphatic heterocycles. The molecule has 0 saturated carbocycles. The van der Waals surface area contributed by atoms with Crippen LogP contribution >= 0.6 is 0 Å². The highest BCUT2D eigenvalue weighted by atomic mass is 16.5. The number of anilines is 1. The van der Waals surface area contributed by atoms with E-state index in [2.05, 4.69) is 41.9 Å². The molecule has 0 spiro atoms. The van der Waals surface area contributed by atoms with Crippen molar-refractivity contribution >= 4 is 11.7 Å². The van der Waals surface area contributed by atoms with E-state index in [1.807, 2.05) is 6.07 Å². The molecule has 1 saturated heterocycles. The Kier molecular flexibility index (Phi) is 4.81. The average molecular weight is 326 g/mol. The van der Waals surface area contributed by atoms with Crippen molar-refractivity contribution in [3.63, 3.8) is 0 Å². The molecule has 1 atom stereocenters. The van der Waals surface area contributed by atoms with Crippen molar-refractivity contribution in [2.45, 2.75) is 26.3 Å². The second-order valence-electron chi connectivity index (χ2n) is 6.23. The summed E-state index contributed by atoms with van der Waals surface area (Å²) in [6.07, 6.45) is 1.70. The summed E-state index contributed by atoms with van der Waals surface area (Å²) < 4.78 is 5.50. The lowest BCUT2D eigenvalue weighted by Gasteiger charge is -2.35. The van der Waals surface area contributed by atoms with Gasteiger partial charge in [0.2, 0.25) is 0 Å². The van der Waals surface area contributed by atoms with E-state index in [9.17, 15) is 4.79 Å². The Labute approximate surface area is 141 Å². The number of aromatic nitrogens is 1. The second-order valence-corrected chi connectivity index (χ2v) is 6.23. The number of carbonyl (C=O) groups is 1. The van der Waals surface area contributed by atoms with Crippen molar-refractivity contribution in [2.75, 3.05) is 24.7 Å². The molecular weight excluding hydrogens is 304 g/mol. The SMILES string of the molecule is Cc1cc(N2CCOC[C@H]2C)ccc1-c1ccc(CC(=O)O)nc1. The molecule has 0 aliphatic carbocycles. The maximum atomic E-state index is 10.7. The normalized spacial score (nSPS) is 17.8. The molecule has 1 aromatic heterocycles. The Hall–Kier alpha value is -2.40. The Balaban J connectivity index is 1.83. The first-order valence-corrected chi connectivity index (χ1v) is 8.17. The summed E-state index contributed by atoms with van der Waals surface area (Å²) in [6, 6.07) is 10.5. The van der Waals surface area contributed by atoms with E-state index in [0.29, 0.717) is 11.7 Å². The van der Waals surface area contributed by atoms with Crippen LogP contribution in [0.2, 0.25) is 0 Å². The van der Waals surface area contributed by atoms with Crippen molar-refractivity contribution < 1.29 is 14.6 Å². The van der Waals surface area contributed by atoms with Gasteiger partial charge in [-0.2, -0.15) is 0 Å². The molecule has 126 valence electrons. The third kappa shape index (κ3) is 3.57. The summed E-state index contributed by atoms with van der Waals surface area (Å²) in [5.74, 6) is -0.865. The Morgan fingerprint density at radius 2 is 2.21 bits per heavy atom. The third-order valence-corrected chi connectivity index (χ3v) is 4.38. The molecule has 0 unspecified atom stereocenters. The molecule has 24 heavy (non-hydrogen) atoms. The zero-order valence-corrected chi connectivity index (χ0v) is 14.0. The van der Waals surface area contributed by atoms with Crippen LogP contribution < -0.4 is 4.90 Å². The van der Waals surface area contributed by atoms with Gasteiger partial charge in [-0.1, -0.05) is 12.1 Å². The number of carboxylic acid groups (broad SMARTS) is 1. The maximum Gasteiger partial charge on any atom is 0.309 e. The number of morpholine rings is 1. The number of nitrogens with zero attached hydrogens (tertiary/aromatic N) is 2. The predicted octanol–water partition coefficient (Wildman–Crippen LogP) is 2.91. The number of aryl methyl sites for hydroxylation is 1. The van der Waals surface area contributed by atoms with Crippen LogP contribution in [0.25, 0.3) is 11.1 Å². The van der Waals surface area contributed by atoms with E-state index >= 15 is 0 Å². The van der Waals surface area contributed by atoms with E-state index in [0.717, 1.165) is 30.9 Å². The maximum absolute atomic E-state index is 10.7. The van der Waals surface area contributed by atoms with Gasteiger partial charge in [0.25, 0.3) is 0 Å². The number of pyridine rings is 1. The molecule has 0 radical (unpaired) electrons. The Bertz CT molecular complexity index is 728. The summed E-state index contributed by atoms with van der Waals surface area (Å²) >= 11 is 0. The standard InChI is InChI=1S/C19H22N2O3/c1-13-9-17(21-7-8-24-12-14(21)2)5-6-18(13)15-3-4-16(20-11-15)10-19(22)23/h3-6,9,11,14H,7-8,10,12H2,1-2H3,(H,22,23)/t14-/m1/s1. The zero-order valence-electron chi connectivity index (χ0n) is 14.0. The first-order valence-electron chi connectivity index (χ1n) is 8.17. The second kappa shape index (κ2) is 7.01. The largest absolute Gasteiger partial charge is 0.481 e. The van der Waals surface area contributed by atoms with Crippen LogP contribution in [0, 0.1) is 6.92 Å². The quantitative estimate of drug-likeness (QED) is 0.936. The monoisotopic (exact) mass is 326 g/mol. The molecule has 1 N–H and O–H groups in total. The van der Waals surface area contributed by atoms with Crippen LogP contribution in [0.5, 0.6) is 0 Å². The van der Waals surface area contributed by atoms with Gasteiger partial charge >= 0.3 is 5.97 Å². The first-order chi connectivity index (χ1) is 11.5. The fourth-order valence-corrected chi connectivity index (χ4v) is 3.10. The number of hydrogen-bond acceptors (Lipinski definition) is 4. The van der Waals surface area contributed by atoms with Gasteiger partial charge in [0, 0.05) is 30.0 Å². The van der Waals surface area contributed by atoms with Crippen LogP contribution in [-0.4, -0.2) is 41.9 Å². The topological polar surface area (TPSA) is 62.7 Å². The third-order valence-electron chi connectivity index (χ3n) is 4.38. The molecule has 5 heteroatoms. The van der Waals surface area contributed by atoms with Gasteiger partial charge in [0.1, 0.15) is 0 Å². The summed E-state index contributed by atoms with van der Waals surface area (Å²) in [7, 11) is 0. The molecular formula is C19H22N2O3. The number of aliphatic carboxylic acids is 1. The number of ether oxygens (including phenoxy) is 1. The van der Waals surface area contributed by atoms with E-state index < -0.39 is 5.97 Å². The van der Waals surface area contributed by atoms with Crippen molar-refractivity contribution in [2.24, 2.45) is 0 Å². The van der Waals surface area contributed by atoms with E-state index in [1.165, 1.54) is 11.3 Å². The van der Waals surface area contributed by atoms with Crippen LogP contribution in [-0.2, 0) is 16.0 Å². The molecule has 5 nitrogen and oxygen atoms in total. The van der Waals surface area contributed by atoms with Crippen molar-refractivity contribution in [3.8, 4) is 11.1 Å². The molecule has 2 heterocycles. The van der Waals surface area contributed by atoms with Crippen molar-refractivity contribution in [3.05, 3.63) is 47.8 Å². The Morgan fingerprint density at radius 1 is 1.38 bits per heavy atom. The van der Waals surface area contributed by atoms with E-state index in [1.54, 1.807) is 12.3 Å². The lowest BCUT2D eigenvalue weighted by Crippen LogP contribution is -2.43. The highest BCUT2D eigenvalue weighted by Gasteiger charge is 2.19. The lowest BCUT2D eigenvalue weighted by molar-refractivity contribution is -0.136. The molecule has 0 bridgehead atoms. The highest BCUT2D eigenvalue weighted by molar-refractivity contribution is 5.72. The highest BCUT2D eigenvalue weighted by Crippen LogP contribution is 2.28. The number of benzene rings is 1. The average Bonchev–Trinajstić information content (AvgIpc) is 2.56. The van der Waals surface area contributed by atoms with Crippen molar-refractivity contribution in [1.29, 1.82) is 0 Å². The van der Waals surface area contributed by atoms with Gasteiger partial charge in [-0.05, 0) is 43.2 Å². The van der Waals surface area contributed by atoms with E-state index in [4.69, 9.17) is 9.84 Å². The van der Waals surface area contributed by atoms with Crippen LogP contribution in [0.1, 0.15) is 18.2 Å². The predicted molar refractivity (Wildman–Crippen MR) is 93.4 cm³/mol. The number of rotatable bonds is 4. The Morgan fingerprint density at radius 3 is 2.83 bits per heavy atom. The van der Waals surface area contributed by atoms with Gasteiger partial charge < -0.3 is 14.7 Å². The van der Waals surface area contributed by atoms with Crippen LogP contribution in [0.4, 0.5) is 5.69 Å². The first kappa shape index (κ1) is 16.5. The molecule has 1 aromatic carbocycles. The lowest BCUT2D eigenvalue weighted by atomic mass is 10.0. The minimum atomic E-state index is -0.865. The van der Waals surface area contributed by atoms with Gasteiger partial charge in [0.15, 0.2) is 0 Å². The fraction of sp³-hybridized carbons (Fsp3) is 0.368. The molecule has 1 aliphatic rings. The molecule has 0 amide bonds. The number of carboxylic acids is 1. The van der Waals surface area contributed by atoms with Gasteiger partial charge in [0.05, 0.1) is 25.3 Å². The summed E-state index contributed by atoms with van der Waals surface area (Å²) in [6.45, 7) is 6.70. The minimum absolute atomic E-state index is 0.0485. The number of hydrogen-bond donors (Lipinski definition) is 1. The van der Waals surface area contributed by atoms with E-state index in [-0.39, 0.29) is 6.42 Å². The zero-order chi connectivity index (χ0) is 17.1. The van der Waals surface area contributed by atoms with Gasteiger partial charge in [-0.15, -0.1) is 0 Å². The fourth-order valence-electron chi connectivity index (χ4n) is 3.10. The minimum Gasteiger partial charge on any atom is -0.481 e. The summed E-state index contributed by atoms with van der Waals surface area (Å²) in [4.78, 5) is 17.4. The summed E-state index contributed by atoms with van der Waals surface area (Å²) in [5.41, 5.74) is 5.08. The van der Waals surface area contributed by atoms with Crippen molar-refractivity contribution in [1.82, 2.24) is 4.98 Å². The molecule has 3 rings (SSSR count). The summed E-state index contributed by atoms with van der Waals surface area (Å²) in [5, 5.41) is 8.82. The van der Waals surface area contributed by atoms with Crippen LogP contribution in [0.3, 0.4) is 0 Å².